The van der Waals surface area contributed by atoms with Gasteiger partial charge in [0.25, 0.3) is 0 Å². The van der Waals surface area contributed by atoms with Crippen LogP contribution in [0.2, 0.25) is 0 Å². The van der Waals surface area contributed by atoms with Gasteiger partial charge in [0.1, 0.15) is 22.9 Å². The second-order valence-corrected chi connectivity index (χ2v) is 5.61. The van der Waals surface area contributed by atoms with Gasteiger partial charge >= 0.3 is 12.3 Å². The molecule has 0 N–H and O–H groups in total. The maximum absolute atomic E-state index is 14.1. The smallest absolute Gasteiger partial charge is 0.435 e. The number of alkyl halides is 5. The monoisotopic (exact) mass is 372 g/mol. The van der Waals surface area contributed by atoms with E-state index in [4.69, 9.17) is 4.74 Å². The molecule has 1 heterocycles. The molecule has 0 amide bonds. The van der Waals surface area contributed by atoms with Crippen molar-refractivity contribution >= 4 is 0 Å². The van der Waals surface area contributed by atoms with E-state index in [-0.39, 0.29) is 18.6 Å². The highest BCUT2D eigenvalue weighted by atomic mass is 19.4. The lowest BCUT2D eigenvalue weighted by molar-refractivity contribution is -0.244. The van der Waals surface area contributed by atoms with E-state index in [1.165, 1.54) is 6.26 Å². The van der Waals surface area contributed by atoms with Crippen LogP contribution in [0.3, 0.4) is 0 Å². The Morgan fingerprint density at radius 1 is 1.12 bits per heavy atom. The molecule has 25 heavy (non-hydrogen) atoms. The van der Waals surface area contributed by atoms with Crippen LogP contribution < -0.4 is 4.74 Å². The average molecular weight is 372 g/mol. The number of allylic oxidation sites excluding steroid dienone is 1. The normalized spacial score (nSPS) is 18.6. The highest BCUT2D eigenvalue weighted by molar-refractivity contribution is 5.32. The summed E-state index contributed by atoms with van der Waals surface area (Å²) in [6, 6.07) is 0.141. The quantitative estimate of drug-likeness (QED) is 0.607. The Labute approximate surface area is 139 Å². The zero-order valence-corrected chi connectivity index (χ0v) is 13.1. The van der Waals surface area contributed by atoms with Crippen LogP contribution in [0.4, 0.5) is 30.7 Å². The van der Waals surface area contributed by atoms with Crippen LogP contribution in [-0.4, -0.2) is 12.2 Å². The van der Waals surface area contributed by atoms with Crippen LogP contribution in [0.1, 0.15) is 38.2 Å². The Balaban J connectivity index is 2.16. The van der Waals surface area contributed by atoms with Gasteiger partial charge in [-0.1, -0.05) is 13.3 Å². The molecule has 2 nitrogen and oxygen atoms in total. The molecule has 140 valence electrons. The Hall–Kier alpha value is -1.93. The molecular formula is C16H15F7O2. The van der Waals surface area contributed by atoms with Gasteiger partial charge < -0.3 is 9.47 Å². The van der Waals surface area contributed by atoms with Crippen molar-refractivity contribution < 1.29 is 40.2 Å². The molecule has 0 saturated carbocycles. The van der Waals surface area contributed by atoms with Crippen LogP contribution in [0, 0.1) is 11.6 Å². The first-order valence-electron chi connectivity index (χ1n) is 7.51. The molecule has 0 saturated heterocycles. The summed E-state index contributed by atoms with van der Waals surface area (Å²) in [7, 11) is 0. The van der Waals surface area contributed by atoms with Crippen molar-refractivity contribution in [2.24, 2.45) is 0 Å². The van der Waals surface area contributed by atoms with Gasteiger partial charge in [-0.25, -0.2) is 8.78 Å². The third-order valence-corrected chi connectivity index (χ3v) is 3.63. The zero-order chi connectivity index (χ0) is 18.8. The van der Waals surface area contributed by atoms with Gasteiger partial charge in [0, 0.05) is 12.1 Å². The number of benzene rings is 1. The molecule has 2 rings (SSSR count). The van der Waals surface area contributed by atoms with Crippen molar-refractivity contribution in [3.8, 4) is 5.75 Å². The van der Waals surface area contributed by atoms with E-state index in [0.29, 0.717) is 12.8 Å². The third-order valence-electron chi connectivity index (χ3n) is 3.63. The Morgan fingerprint density at radius 3 is 2.16 bits per heavy atom. The molecule has 1 aliphatic heterocycles. The lowest BCUT2D eigenvalue weighted by Crippen LogP contribution is -2.41. The summed E-state index contributed by atoms with van der Waals surface area (Å²) in [5, 5.41) is 0. The summed E-state index contributed by atoms with van der Waals surface area (Å²) in [5.41, 5.74) is -1.31. The molecule has 1 aromatic carbocycles. The molecule has 0 fully saturated rings. The van der Waals surface area contributed by atoms with Gasteiger partial charge in [-0.3, -0.25) is 0 Å². The van der Waals surface area contributed by atoms with Crippen molar-refractivity contribution in [1.29, 1.82) is 0 Å². The first-order valence-corrected chi connectivity index (χ1v) is 7.51. The largest absolute Gasteiger partial charge is 0.488 e. The minimum absolute atomic E-state index is 0.0704. The van der Waals surface area contributed by atoms with Crippen molar-refractivity contribution in [1.82, 2.24) is 0 Å². The first kappa shape index (κ1) is 19.4. The fraction of sp³-hybridized carbons (Fsp3) is 0.500. The third kappa shape index (κ3) is 4.58. The molecule has 1 aliphatic rings. The van der Waals surface area contributed by atoms with Gasteiger partial charge in [0.2, 0.25) is 6.10 Å². The minimum Gasteiger partial charge on any atom is -0.488 e. The number of hydrogen-bond donors (Lipinski definition) is 0. The topological polar surface area (TPSA) is 18.5 Å². The zero-order valence-electron chi connectivity index (χ0n) is 13.1. The summed E-state index contributed by atoms with van der Waals surface area (Å²) in [6.45, 7) is 1.92. The molecule has 0 aromatic heterocycles. The number of ether oxygens (including phenoxy) is 2. The molecule has 0 spiro atoms. The molecular weight excluding hydrogens is 357 g/mol. The van der Waals surface area contributed by atoms with Crippen molar-refractivity contribution in [3.05, 3.63) is 41.2 Å². The lowest BCUT2D eigenvalue weighted by atomic mass is 10.0. The second-order valence-electron chi connectivity index (χ2n) is 5.61. The van der Waals surface area contributed by atoms with E-state index in [9.17, 15) is 30.7 Å². The molecule has 0 bridgehead atoms. The highest BCUT2D eigenvalue weighted by Gasteiger charge is 2.46. The predicted molar refractivity (Wildman–Crippen MR) is 74.0 cm³/mol. The highest BCUT2D eigenvalue weighted by Crippen LogP contribution is 2.38. The van der Waals surface area contributed by atoms with Crippen molar-refractivity contribution in [3.63, 3.8) is 0 Å². The summed E-state index contributed by atoms with van der Waals surface area (Å²) < 4.78 is 102. The summed E-state index contributed by atoms with van der Waals surface area (Å²) in [4.78, 5) is 0. The second kappa shape index (κ2) is 7.13. The van der Waals surface area contributed by atoms with E-state index in [0.717, 1.165) is 12.0 Å². The molecule has 1 aromatic rings. The van der Waals surface area contributed by atoms with E-state index < -0.39 is 41.3 Å². The summed E-state index contributed by atoms with van der Waals surface area (Å²) >= 11 is 0. The predicted octanol–water partition coefficient (Wildman–Crippen LogP) is 5.82. The Bertz CT molecular complexity index is 629. The molecule has 0 radical (unpaired) electrons. The van der Waals surface area contributed by atoms with Gasteiger partial charge in [0.05, 0.1) is 6.26 Å². The van der Waals surface area contributed by atoms with Gasteiger partial charge in [-0.15, -0.1) is 0 Å². The van der Waals surface area contributed by atoms with Gasteiger partial charge in [-0.05, 0) is 24.8 Å². The Morgan fingerprint density at radius 2 is 1.72 bits per heavy atom. The number of halogens is 7. The Kier molecular flexibility index (Phi) is 5.53. The fourth-order valence-electron chi connectivity index (χ4n) is 2.48. The number of rotatable bonds is 5. The van der Waals surface area contributed by atoms with Crippen LogP contribution in [0.5, 0.6) is 5.75 Å². The molecule has 1 atom stereocenters. The average Bonchev–Trinajstić information content (AvgIpc) is 2.45. The standard InChI is InChI=1S/C16H15F7O2/c1-2-3-9-4-5-13(24-8-9)16(22,23)25-10-6-11(17)14(12(18)7-10)15(19,20)21/h6-8,13H,2-5H2,1H3. The number of hydrogen-bond acceptors (Lipinski definition) is 2. The summed E-state index contributed by atoms with van der Waals surface area (Å²) in [5.74, 6) is -5.12. The van der Waals surface area contributed by atoms with Crippen LogP contribution in [0.15, 0.2) is 24.0 Å². The van der Waals surface area contributed by atoms with E-state index >= 15 is 0 Å². The van der Waals surface area contributed by atoms with Crippen molar-refractivity contribution in [2.75, 3.05) is 0 Å². The van der Waals surface area contributed by atoms with E-state index in [1.807, 2.05) is 6.92 Å². The molecule has 1 unspecified atom stereocenters. The fourth-order valence-corrected chi connectivity index (χ4v) is 2.48. The molecule has 0 aliphatic carbocycles. The van der Waals surface area contributed by atoms with Crippen LogP contribution >= 0.6 is 0 Å². The van der Waals surface area contributed by atoms with Gasteiger partial charge in [-0.2, -0.15) is 22.0 Å². The minimum atomic E-state index is -5.29. The maximum Gasteiger partial charge on any atom is 0.435 e. The van der Waals surface area contributed by atoms with Crippen LogP contribution in [0.25, 0.3) is 0 Å². The lowest BCUT2D eigenvalue weighted by Gasteiger charge is -2.29. The van der Waals surface area contributed by atoms with Crippen molar-refractivity contribution in [2.45, 2.75) is 51.0 Å². The molecule has 9 heteroatoms. The maximum atomic E-state index is 14.1. The van der Waals surface area contributed by atoms with E-state index in [1.54, 1.807) is 0 Å². The van der Waals surface area contributed by atoms with E-state index in [2.05, 4.69) is 4.74 Å². The first-order chi connectivity index (χ1) is 11.5. The summed E-state index contributed by atoms with van der Waals surface area (Å²) in [6.07, 6.45) is -8.01. The SMILES string of the molecule is CCCC1=COC(C(F)(F)Oc2cc(F)c(C(F)(F)F)c(F)c2)CC1. The van der Waals surface area contributed by atoms with Gasteiger partial charge in [0.15, 0.2) is 0 Å². The van der Waals surface area contributed by atoms with Crippen LogP contribution in [-0.2, 0) is 10.9 Å².